The summed E-state index contributed by atoms with van der Waals surface area (Å²) in [4.78, 5) is 29.0. The molecule has 0 aromatic heterocycles. The minimum atomic E-state index is -0.142. The number of benzene rings is 2. The maximum atomic E-state index is 12.6. The lowest BCUT2D eigenvalue weighted by Crippen LogP contribution is -2.49. The number of nitrogens with one attached hydrogen (secondary N) is 1. The van der Waals surface area contributed by atoms with Crippen LogP contribution in [0.4, 0.5) is 5.69 Å². The molecule has 1 saturated heterocycles. The first kappa shape index (κ1) is 22.7. The number of methoxy groups -OCH3 is 1. The third-order valence-corrected chi connectivity index (χ3v) is 5.69. The van der Waals surface area contributed by atoms with Crippen LogP contribution in [0.1, 0.15) is 43.1 Å². The Labute approximate surface area is 185 Å². The average molecular weight is 424 g/mol. The van der Waals surface area contributed by atoms with E-state index in [1.165, 1.54) is 5.56 Å². The van der Waals surface area contributed by atoms with Gasteiger partial charge in [0.1, 0.15) is 5.75 Å². The molecule has 1 fully saturated rings. The Morgan fingerprint density at radius 2 is 1.68 bits per heavy atom. The van der Waals surface area contributed by atoms with Crippen molar-refractivity contribution in [3.05, 3.63) is 59.7 Å². The largest absolute Gasteiger partial charge is 0.497 e. The lowest BCUT2D eigenvalue weighted by molar-refractivity contribution is -0.131. The molecule has 0 radical (unpaired) electrons. The standard InChI is InChI=1S/C25H33N3O3/c1-25(2,3)20-10-8-19(9-11-20)24(30)26-13-12-23(29)28-16-14-27(15-17-28)21-6-5-7-22(18-21)31-4/h5-11,18H,12-17H2,1-4H3,(H,26,30). The Balaban J connectivity index is 1.42. The van der Waals surface area contributed by atoms with E-state index in [0.29, 0.717) is 31.6 Å². The van der Waals surface area contributed by atoms with Crippen LogP contribution in [-0.4, -0.2) is 56.5 Å². The Bertz CT molecular complexity index is 895. The summed E-state index contributed by atoms with van der Waals surface area (Å²) in [5.41, 5.74) is 2.97. The quantitative estimate of drug-likeness (QED) is 0.773. The highest BCUT2D eigenvalue weighted by Crippen LogP contribution is 2.23. The van der Waals surface area contributed by atoms with Crippen LogP contribution in [0, 0.1) is 0 Å². The van der Waals surface area contributed by atoms with E-state index >= 15 is 0 Å². The zero-order chi connectivity index (χ0) is 22.4. The fraction of sp³-hybridized carbons (Fsp3) is 0.440. The molecule has 0 saturated carbocycles. The first-order valence-corrected chi connectivity index (χ1v) is 10.8. The van der Waals surface area contributed by atoms with Gasteiger partial charge >= 0.3 is 0 Å². The number of anilines is 1. The van der Waals surface area contributed by atoms with E-state index in [1.807, 2.05) is 47.4 Å². The van der Waals surface area contributed by atoms with Gasteiger partial charge in [0.25, 0.3) is 5.91 Å². The van der Waals surface area contributed by atoms with Crippen LogP contribution in [0.25, 0.3) is 0 Å². The van der Waals surface area contributed by atoms with Crippen molar-refractivity contribution in [3.8, 4) is 5.75 Å². The Morgan fingerprint density at radius 1 is 1.00 bits per heavy atom. The van der Waals surface area contributed by atoms with Crippen LogP contribution < -0.4 is 15.0 Å². The third kappa shape index (κ3) is 6.00. The molecule has 0 bridgehead atoms. The molecule has 31 heavy (non-hydrogen) atoms. The normalized spacial score (nSPS) is 14.3. The van der Waals surface area contributed by atoms with E-state index in [4.69, 9.17) is 4.74 Å². The SMILES string of the molecule is COc1cccc(N2CCN(C(=O)CCNC(=O)c3ccc(C(C)(C)C)cc3)CC2)c1. The van der Waals surface area contributed by atoms with Gasteiger partial charge in [-0.05, 0) is 35.2 Å². The van der Waals surface area contributed by atoms with Gasteiger partial charge in [0.2, 0.25) is 5.91 Å². The summed E-state index contributed by atoms with van der Waals surface area (Å²) in [6, 6.07) is 15.6. The van der Waals surface area contributed by atoms with Crippen LogP contribution in [0.5, 0.6) is 5.75 Å². The Hall–Kier alpha value is -3.02. The summed E-state index contributed by atoms with van der Waals surface area (Å²) in [6.07, 6.45) is 0.310. The van der Waals surface area contributed by atoms with Gasteiger partial charge in [-0.25, -0.2) is 0 Å². The summed E-state index contributed by atoms with van der Waals surface area (Å²) in [5, 5.41) is 2.86. The van der Waals surface area contributed by atoms with Gasteiger partial charge in [0.05, 0.1) is 7.11 Å². The Morgan fingerprint density at radius 3 is 2.29 bits per heavy atom. The van der Waals surface area contributed by atoms with Crippen molar-refractivity contribution in [3.63, 3.8) is 0 Å². The number of ether oxygens (including phenoxy) is 1. The van der Waals surface area contributed by atoms with Gasteiger partial charge in [0, 0.05) is 56.5 Å². The van der Waals surface area contributed by atoms with Crippen molar-refractivity contribution in [1.82, 2.24) is 10.2 Å². The van der Waals surface area contributed by atoms with Crippen LogP contribution >= 0.6 is 0 Å². The molecule has 2 aromatic carbocycles. The van der Waals surface area contributed by atoms with E-state index in [0.717, 1.165) is 24.5 Å². The average Bonchev–Trinajstić information content (AvgIpc) is 2.78. The van der Waals surface area contributed by atoms with Crippen LogP contribution in [-0.2, 0) is 10.2 Å². The molecule has 2 amide bonds. The molecular weight excluding hydrogens is 390 g/mol. The number of hydrogen-bond acceptors (Lipinski definition) is 4. The van der Waals surface area contributed by atoms with Crippen molar-refractivity contribution in [2.24, 2.45) is 0 Å². The first-order valence-electron chi connectivity index (χ1n) is 10.8. The molecule has 1 aliphatic heterocycles. The highest BCUT2D eigenvalue weighted by molar-refractivity contribution is 5.94. The third-order valence-electron chi connectivity index (χ3n) is 5.69. The van der Waals surface area contributed by atoms with Crippen LogP contribution in [0.15, 0.2) is 48.5 Å². The molecule has 2 aromatic rings. The molecule has 3 rings (SSSR count). The van der Waals surface area contributed by atoms with Gasteiger partial charge in [0.15, 0.2) is 0 Å². The second-order valence-electron chi connectivity index (χ2n) is 8.90. The number of piperazine rings is 1. The molecule has 6 nitrogen and oxygen atoms in total. The molecule has 0 aliphatic carbocycles. The smallest absolute Gasteiger partial charge is 0.251 e. The molecule has 6 heteroatoms. The van der Waals surface area contributed by atoms with E-state index in [9.17, 15) is 9.59 Å². The highest BCUT2D eigenvalue weighted by atomic mass is 16.5. The van der Waals surface area contributed by atoms with Gasteiger partial charge < -0.3 is 19.9 Å². The van der Waals surface area contributed by atoms with Crippen molar-refractivity contribution >= 4 is 17.5 Å². The minimum Gasteiger partial charge on any atom is -0.497 e. The van der Waals surface area contributed by atoms with Crippen molar-refractivity contribution in [1.29, 1.82) is 0 Å². The number of carbonyl (C=O) groups excluding carboxylic acids is 2. The molecule has 1 N–H and O–H groups in total. The molecule has 1 aliphatic rings. The summed E-state index contributed by atoms with van der Waals surface area (Å²) < 4.78 is 5.30. The molecule has 0 unspecified atom stereocenters. The number of hydrogen-bond donors (Lipinski definition) is 1. The van der Waals surface area contributed by atoms with Gasteiger partial charge in [-0.3, -0.25) is 9.59 Å². The Kier molecular flexibility index (Phi) is 7.21. The van der Waals surface area contributed by atoms with E-state index < -0.39 is 0 Å². The maximum Gasteiger partial charge on any atom is 0.251 e. The van der Waals surface area contributed by atoms with Crippen molar-refractivity contribution in [2.45, 2.75) is 32.6 Å². The molecule has 166 valence electrons. The highest BCUT2D eigenvalue weighted by Gasteiger charge is 2.21. The monoisotopic (exact) mass is 423 g/mol. The lowest BCUT2D eigenvalue weighted by atomic mass is 9.87. The second kappa shape index (κ2) is 9.86. The molecule has 0 spiro atoms. The maximum absolute atomic E-state index is 12.6. The van der Waals surface area contributed by atoms with E-state index in [1.54, 1.807) is 7.11 Å². The molecular formula is C25H33N3O3. The van der Waals surface area contributed by atoms with Gasteiger partial charge in [-0.15, -0.1) is 0 Å². The van der Waals surface area contributed by atoms with E-state index in [2.05, 4.69) is 37.1 Å². The van der Waals surface area contributed by atoms with Crippen molar-refractivity contribution < 1.29 is 14.3 Å². The summed E-state index contributed by atoms with van der Waals surface area (Å²) >= 11 is 0. The number of carbonyl (C=O) groups is 2. The zero-order valence-corrected chi connectivity index (χ0v) is 19.0. The van der Waals surface area contributed by atoms with Crippen molar-refractivity contribution in [2.75, 3.05) is 44.7 Å². The molecule has 0 atom stereocenters. The summed E-state index contributed by atoms with van der Waals surface area (Å²) in [5.74, 6) is 0.768. The van der Waals surface area contributed by atoms with Crippen LogP contribution in [0.3, 0.4) is 0 Å². The second-order valence-corrected chi connectivity index (χ2v) is 8.90. The van der Waals surface area contributed by atoms with Crippen LogP contribution in [0.2, 0.25) is 0 Å². The zero-order valence-electron chi connectivity index (χ0n) is 19.0. The number of rotatable bonds is 6. The first-order chi connectivity index (χ1) is 14.8. The minimum absolute atomic E-state index is 0.0536. The summed E-state index contributed by atoms with van der Waals surface area (Å²) in [7, 11) is 1.66. The predicted molar refractivity (Wildman–Crippen MR) is 124 cm³/mol. The van der Waals surface area contributed by atoms with Gasteiger partial charge in [-0.1, -0.05) is 39.0 Å². The van der Waals surface area contributed by atoms with E-state index in [-0.39, 0.29) is 17.2 Å². The van der Waals surface area contributed by atoms with Gasteiger partial charge in [-0.2, -0.15) is 0 Å². The topological polar surface area (TPSA) is 61.9 Å². The number of nitrogens with zero attached hydrogens (tertiary/aromatic N) is 2. The summed E-state index contributed by atoms with van der Waals surface area (Å²) in [6.45, 7) is 9.70. The fourth-order valence-electron chi connectivity index (χ4n) is 3.69. The lowest BCUT2D eigenvalue weighted by Gasteiger charge is -2.36. The number of amides is 2. The predicted octanol–water partition coefficient (Wildman–Crippen LogP) is 3.46. The fourth-order valence-corrected chi connectivity index (χ4v) is 3.69. The molecule has 1 heterocycles.